The topological polar surface area (TPSA) is 77.2 Å². The van der Waals surface area contributed by atoms with E-state index in [1.165, 1.54) is 18.2 Å². The first-order chi connectivity index (χ1) is 13.8. The van der Waals surface area contributed by atoms with Crippen LogP contribution in [-0.4, -0.2) is 29.8 Å². The minimum Gasteiger partial charge on any atom is -0.469 e. The van der Waals surface area contributed by atoms with Crippen molar-refractivity contribution in [2.45, 2.75) is 39.7 Å². The van der Waals surface area contributed by atoms with Gasteiger partial charge in [-0.25, -0.2) is 0 Å². The molecule has 2 aromatic carbocycles. The fourth-order valence-electron chi connectivity index (χ4n) is 3.05. The lowest BCUT2D eigenvalue weighted by atomic mass is 9.93. The van der Waals surface area contributed by atoms with Crippen LogP contribution in [0.3, 0.4) is 0 Å². The Labute approximate surface area is 171 Å². The minimum absolute atomic E-state index is 0.223. The van der Waals surface area contributed by atoms with Gasteiger partial charge in [0.05, 0.1) is 13.5 Å². The van der Waals surface area contributed by atoms with Crippen molar-refractivity contribution >= 4 is 5.97 Å². The van der Waals surface area contributed by atoms with Crippen molar-refractivity contribution in [1.29, 1.82) is 0 Å². The van der Waals surface area contributed by atoms with Gasteiger partial charge in [-0.1, -0.05) is 29.4 Å². The standard InChI is InChI=1S/C23H27N3O3/c1-15-6-7-18(14-16(15)2)21-25-22(29-26-21)17-8-10-19(11-9-17)23(3,4)24-13-12-20(27)28-5/h6-11,14,24H,12-13H2,1-5H3. The number of hydrogen-bond donors (Lipinski definition) is 1. The number of hydrogen-bond acceptors (Lipinski definition) is 6. The van der Waals surface area contributed by atoms with E-state index in [9.17, 15) is 4.79 Å². The Morgan fingerprint density at radius 1 is 1.07 bits per heavy atom. The summed E-state index contributed by atoms with van der Waals surface area (Å²) >= 11 is 0. The molecule has 0 fully saturated rings. The van der Waals surface area contributed by atoms with Crippen LogP contribution in [-0.2, 0) is 15.1 Å². The van der Waals surface area contributed by atoms with E-state index in [4.69, 9.17) is 4.52 Å². The third kappa shape index (κ3) is 4.90. The second-order valence-electron chi connectivity index (χ2n) is 7.68. The van der Waals surface area contributed by atoms with Crippen molar-refractivity contribution in [3.63, 3.8) is 0 Å². The molecule has 3 rings (SSSR count). The monoisotopic (exact) mass is 393 g/mol. The number of nitrogens with one attached hydrogen (secondary N) is 1. The first-order valence-corrected chi connectivity index (χ1v) is 9.64. The van der Waals surface area contributed by atoms with Gasteiger partial charge in [-0.15, -0.1) is 0 Å². The number of aromatic nitrogens is 2. The van der Waals surface area contributed by atoms with Crippen molar-refractivity contribution in [2.75, 3.05) is 13.7 Å². The molecule has 0 atom stereocenters. The van der Waals surface area contributed by atoms with Crippen LogP contribution in [0.5, 0.6) is 0 Å². The Bertz CT molecular complexity index is 991. The maximum atomic E-state index is 11.3. The Hall–Kier alpha value is -2.99. The second kappa shape index (κ2) is 8.57. The molecule has 0 aliphatic rings. The fourth-order valence-corrected chi connectivity index (χ4v) is 3.05. The zero-order valence-corrected chi connectivity index (χ0v) is 17.6. The molecule has 0 bridgehead atoms. The smallest absolute Gasteiger partial charge is 0.306 e. The number of carbonyl (C=O) groups excluding carboxylic acids is 1. The summed E-state index contributed by atoms with van der Waals surface area (Å²) < 4.78 is 10.2. The molecule has 0 saturated carbocycles. The maximum absolute atomic E-state index is 11.3. The predicted molar refractivity (Wildman–Crippen MR) is 112 cm³/mol. The summed E-state index contributed by atoms with van der Waals surface area (Å²) in [6, 6.07) is 14.1. The van der Waals surface area contributed by atoms with Crippen LogP contribution in [0.1, 0.15) is 37.0 Å². The average molecular weight is 393 g/mol. The van der Waals surface area contributed by atoms with Gasteiger partial charge in [0, 0.05) is 23.2 Å². The molecule has 29 heavy (non-hydrogen) atoms. The number of ether oxygens (including phenoxy) is 1. The first-order valence-electron chi connectivity index (χ1n) is 9.64. The van der Waals surface area contributed by atoms with Crippen molar-refractivity contribution in [3.8, 4) is 22.8 Å². The number of carbonyl (C=O) groups is 1. The van der Waals surface area contributed by atoms with Gasteiger partial charge in [-0.2, -0.15) is 4.98 Å². The van der Waals surface area contributed by atoms with Crippen molar-refractivity contribution in [1.82, 2.24) is 15.5 Å². The predicted octanol–water partition coefficient (Wildman–Crippen LogP) is 4.41. The van der Waals surface area contributed by atoms with Gasteiger partial charge < -0.3 is 14.6 Å². The lowest BCUT2D eigenvalue weighted by molar-refractivity contribution is -0.140. The van der Waals surface area contributed by atoms with E-state index in [-0.39, 0.29) is 11.5 Å². The number of esters is 1. The Morgan fingerprint density at radius 2 is 1.76 bits per heavy atom. The molecule has 3 aromatic rings. The fraction of sp³-hybridized carbons (Fsp3) is 0.348. The second-order valence-corrected chi connectivity index (χ2v) is 7.68. The molecule has 152 valence electrons. The van der Waals surface area contributed by atoms with Crippen LogP contribution in [0.25, 0.3) is 22.8 Å². The molecular formula is C23H27N3O3. The van der Waals surface area contributed by atoms with Crippen LogP contribution >= 0.6 is 0 Å². The van der Waals surface area contributed by atoms with E-state index in [0.717, 1.165) is 16.7 Å². The SMILES string of the molecule is COC(=O)CCNC(C)(C)c1ccc(-c2nc(-c3ccc(C)c(C)c3)no2)cc1. The normalized spacial score (nSPS) is 11.5. The number of rotatable bonds is 7. The minimum atomic E-state index is -0.286. The largest absolute Gasteiger partial charge is 0.469 e. The molecule has 0 saturated heterocycles. The van der Waals surface area contributed by atoms with Gasteiger partial charge in [-0.3, -0.25) is 4.79 Å². The van der Waals surface area contributed by atoms with Gasteiger partial charge in [0.25, 0.3) is 5.89 Å². The van der Waals surface area contributed by atoms with Gasteiger partial charge >= 0.3 is 5.97 Å². The first kappa shape index (κ1) is 20.7. The van der Waals surface area contributed by atoms with E-state index in [2.05, 4.69) is 60.0 Å². The lowest BCUT2D eigenvalue weighted by Crippen LogP contribution is -2.37. The summed E-state index contributed by atoms with van der Waals surface area (Å²) in [6.45, 7) is 8.84. The highest BCUT2D eigenvalue weighted by Crippen LogP contribution is 2.26. The third-order valence-electron chi connectivity index (χ3n) is 5.17. The van der Waals surface area contributed by atoms with Gasteiger partial charge in [0.2, 0.25) is 5.82 Å². The van der Waals surface area contributed by atoms with E-state index in [1.54, 1.807) is 0 Å². The van der Waals surface area contributed by atoms with Crippen molar-refractivity contribution in [2.24, 2.45) is 0 Å². The lowest BCUT2D eigenvalue weighted by Gasteiger charge is -2.27. The zero-order valence-electron chi connectivity index (χ0n) is 17.6. The number of methoxy groups -OCH3 is 1. The van der Waals surface area contributed by atoms with Gasteiger partial charge in [0.15, 0.2) is 0 Å². The molecular weight excluding hydrogens is 366 g/mol. The summed E-state index contributed by atoms with van der Waals surface area (Å²) in [7, 11) is 1.40. The molecule has 0 unspecified atom stereocenters. The molecule has 0 spiro atoms. The summed E-state index contributed by atoms with van der Waals surface area (Å²) in [4.78, 5) is 15.8. The van der Waals surface area contributed by atoms with Crippen molar-refractivity contribution in [3.05, 3.63) is 59.2 Å². The summed E-state index contributed by atoms with van der Waals surface area (Å²) in [6.07, 6.45) is 0.335. The van der Waals surface area contributed by atoms with E-state index in [0.29, 0.717) is 24.7 Å². The van der Waals surface area contributed by atoms with Crippen molar-refractivity contribution < 1.29 is 14.1 Å². The van der Waals surface area contributed by atoms with E-state index in [1.807, 2.05) is 30.3 Å². The van der Waals surface area contributed by atoms with Crippen LogP contribution in [0.2, 0.25) is 0 Å². The van der Waals surface area contributed by atoms with Crippen LogP contribution in [0.4, 0.5) is 0 Å². The molecule has 0 radical (unpaired) electrons. The third-order valence-corrected chi connectivity index (χ3v) is 5.17. The zero-order chi connectivity index (χ0) is 21.0. The highest BCUT2D eigenvalue weighted by molar-refractivity contribution is 5.69. The van der Waals surface area contributed by atoms with Gasteiger partial charge in [0.1, 0.15) is 0 Å². The van der Waals surface area contributed by atoms with Crippen LogP contribution in [0.15, 0.2) is 47.0 Å². The number of nitrogens with zero attached hydrogens (tertiary/aromatic N) is 2. The van der Waals surface area contributed by atoms with E-state index < -0.39 is 0 Å². The summed E-state index contributed by atoms with van der Waals surface area (Å²) in [5.41, 5.74) is 5.04. The van der Waals surface area contributed by atoms with Crippen LogP contribution < -0.4 is 5.32 Å². The molecule has 0 aliphatic heterocycles. The number of benzene rings is 2. The van der Waals surface area contributed by atoms with E-state index >= 15 is 0 Å². The molecule has 6 heteroatoms. The van der Waals surface area contributed by atoms with Gasteiger partial charge in [-0.05, 0) is 62.6 Å². The molecule has 0 amide bonds. The summed E-state index contributed by atoms with van der Waals surface area (Å²) in [5.74, 6) is 0.845. The molecule has 0 aliphatic carbocycles. The molecule has 1 N–H and O–H groups in total. The number of aryl methyl sites for hydroxylation is 2. The Morgan fingerprint density at radius 3 is 2.41 bits per heavy atom. The maximum Gasteiger partial charge on any atom is 0.306 e. The highest BCUT2D eigenvalue weighted by atomic mass is 16.5. The highest BCUT2D eigenvalue weighted by Gasteiger charge is 2.20. The van der Waals surface area contributed by atoms with Crippen LogP contribution in [0, 0.1) is 13.8 Å². The molecule has 6 nitrogen and oxygen atoms in total. The molecule has 1 heterocycles. The summed E-state index contributed by atoms with van der Waals surface area (Å²) in [5, 5.41) is 7.51. The average Bonchev–Trinajstić information content (AvgIpc) is 3.20. The Balaban J connectivity index is 1.72. The Kier molecular flexibility index (Phi) is 6.13. The molecule has 1 aromatic heterocycles. The quantitative estimate of drug-likeness (QED) is 0.599.